The molecule has 2 heterocycles. The molecule has 1 aromatic carbocycles. The molecule has 0 aromatic heterocycles. The molecule has 0 bridgehead atoms. The van der Waals surface area contributed by atoms with Crippen molar-refractivity contribution in [1.29, 1.82) is 0 Å². The number of ether oxygens (including phenoxy) is 2. The van der Waals surface area contributed by atoms with Crippen molar-refractivity contribution in [3.63, 3.8) is 0 Å². The van der Waals surface area contributed by atoms with Gasteiger partial charge < -0.3 is 25.0 Å². The van der Waals surface area contributed by atoms with Crippen molar-refractivity contribution in [2.75, 3.05) is 46.5 Å². The average Bonchev–Trinajstić information content (AvgIpc) is 3.26. The molecule has 1 amide bonds. The lowest BCUT2D eigenvalue weighted by molar-refractivity contribution is -0.133. The first kappa shape index (κ1) is 23.4. The van der Waals surface area contributed by atoms with Gasteiger partial charge in [-0.05, 0) is 43.9 Å². The van der Waals surface area contributed by atoms with Crippen LogP contribution in [0.5, 0.6) is 5.75 Å². The molecule has 0 spiro atoms. The van der Waals surface area contributed by atoms with Gasteiger partial charge in [0.2, 0.25) is 5.91 Å². The fraction of sp³-hybridized carbons (Fsp3) is 0.667. The SMILES string of the molecule is CCNC(=NCC1(c2ccc(OC)cc2)CCOCC1)NC1CCN(C(=O)C(C)C)C1. The van der Waals surface area contributed by atoms with E-state index >= 15 is 0 Å². The molecule has 0 aliphatic carbocycles. The first-order valence-corrected chi connectivity index (χ1v) is 11.5. The molecule has 172 valence electrons. The van der Waals surface area contributed by atoms with E-state index in [-0.39, 0.29) is 23.3 Å². The van der Waals surface area contributed by atoms with Gasteiger partial charge in [0.25, 0.3) is 0 Å². The zero-order chi connectivity index (χ0) is 22.3. The number of methoxy groups -OCH3 is 1. The molecule has 7 nitrogen and oxygen atoms in total. The molecule has 2 aliphatic rings. The normalized spacial score (nSPS) is 21.3. The van der Waals surface area contributed by atoms with E-state index in [9.17, 15) is 4.79 Å². The molecule has 3 rings (SSSR count). The number of carbonyl (C=O) groups is 1. The maximum Gasteiger partial charge on any atom is 0.225 e. The van der Waals surface area contributed by atoms with Crippen LogP contribution in [0.3, 0.4) is 0 Å². The van der Waals surface area contributed by atoms with Gasteiger partial charge in [-0.3, -0.25) is 9.79 Å². The van der Waals surface area contributed by atoms with Crippen molar-refractivity contribution in [2.45, 2.75) is 51.5 Å². The Kier molecular flexibility index (Phi) is 8.18. The van der Waals surface area contributed by atoms with Gasteiger partial charge >= 0.3 is 0 Å². The lowest BCUT2D eigenvalue weighted by Crippen LogP contribution is -2.46. The quantitative estimate of drug-likeness (QED) is 0.514. The summed E-state index contributed by atoms with van der Waals surface area (Å²) in [6.07, 6.45) is 2.84. The van der Waals surface area contributed by atoms with E-state index in [2.05, 4.69) is 29.7 Å². The molecular weight excluding hydrogens is 392 g/mol. The fourth-order valence-corrected chi connectivity index (χ4v) is 4.43. The predicted molar refractivity (Wildman–Crippen MR) is 124 cm³/mol. The first-order chi connectivity index (χ1) is 15.0. The number of benzene rings is 1. The van der Waals surface area contributed by atoms with Crippen molar-refractivity contribution in [1.82, 2.24) is 15.5 Å². The molecule has 1 atom stereocenters. The smallest absolute Gasteiger partial charge is 0.225 e. The zero-order valence-electron chi connectivity index (χ0n) is 19.4. The van der Waals surface area contributed by atoms with Crippen molar-refractivity contribution in [3.8, 4) is 5.75 Å². The van der Waals surface area contributed by atoms with Gasteiger partial charge in [-0.2, -0.15) is 0 Å². The summed E-state index contributed by atoms with van der Waals surface area (Å²) in [6.45, 7) is 10.5. The monoisotopic (exact) mass is 430 g/mol. The molecule has 1 aromatic rings. The second kappa shape index (κ2) is 10.8. The maximum atomic E-state index is 12.3. The van der Waals surface area contributed by atoms with Crippen molar-refractivity contribution in [3.05, 3.63) is 29.8 Å². The van der Waals surface area contributed by atoms with Gasteiger partial charge in [0.1, 0.15) is 5.75 Å². The topological polar surface area (TPSA) is 75.2 Å². The van der Waals surface area contributed by atoms with Gasteiger partial charge in [0.15, 0.2) is 5.96 Å². The highest BCUT2D eigenvalue weighted by Crippen LogP contribution is 2.36. The number of amides is 1. The second-order valence-electron chi connectivity index (χ2n) is 8.89. The Balaban J connectivity index is 1.71. The highest BCUT2D eigenvalue weighted by atomic mass is 16.5. The van der Waals surface area contributed by atoms with E-state index in [0.29, 0.717) is 6.54 Å². The Morgan fingerprint density at radius 1 is 1.29 bits per heavy atom. The van der Waals surface area contributed by atoms with Crippen LogP contribution in [0.25, 0.3) is 0 Å². The largest absolute Gasteiger partial charge is 0.497 e. The molecule has 2 N–H and O–H groups in total. The van der Waals surface area contributed by atoms with E-state index in [1.807, 2.05) is 30.9 Å². The number of nitrogens with zero attached hydrogens (tertiary/aromatic N) is 2. The molecule has 31 heavy (non-hydrogen) atoms. The number of rotatable bonds is 7. The van der Waals surface area contributed by atoms with Crippen LogP contribution in [0.1, 0.15) is 45.6 Å². The van der Waals surface area contributed by atoms with Crippen molar-refractivity contribution in [2.24, 2.45) is 10.9 Å². The lowest BCUT2D eigenvalue weighted by Gasteiger charge is -2.37. The van der Waals surface area contributed by atoms with Crippen LogP contribution in [-0.4, -0.2) is 69.3 Å². The summed E-state index contributed by atoms with van der Waals surface area (Å²) in [5.41, 5.74) is 1.24. The van der Waals surface area contributed by atoms with Gasteiger partial charge in [0, 0.05) is 50.2 Å². The van der Waals surface area contributed by atoms with E-state index < -0.39 is 0 Å². The van der Waals surface area contributed by atoms with Gasteiger partial charge in [0.05, 0.1) is 13.7 Å². The minimum Gasteiger partial charge on any atom is -0.497 e. The third-order valence-corrected chi connectivity index (χ3v) is 6.37. The molecule has 2 fully saturated rings. The third-order valence-electron chi connectivity index (χ3n) is 6.37. The Morgan fingerprint density at radius 3 is 2.61 bits per heavy atom. The molecule has 0 saturated carbocycles. The molecule has 1 unspecified atom stereocenters. The van der Waals surface area contributed by atoms with Gasteiger partial charge in [-0.15, -0.1) is 0 Å². The summed E-state index contributed by atoms with van der Waals surface area (Å²) in [7, 11) is 1.69. The summed E-state index contributed by atoms with van der Waals surface area (Å²) >= 11 is 0. The van der Waals surface area contributed by atoms with Crippen molar-refractivity contribution >= 4 is 11.9 Å². The predicted octanol–water partition coefficient (Wildman–Crippen LogP) is 2.56. The molecule has 7 heteroatoms. The van der Waals surface area contributed by atoms with E-state index in [4.69, 9.17) is 14.5 Å². The van der Waals surface area contributed by atoms with Crippen LogP contribution < -0.4 is 15.4 Å². The number of carbonyl (C=O) groups excluding carboxylic acids is 1. The second-order valence-corrected chi connectivity index (χ2v) is 8.89. The Labute approximate surface area is 186 Å². The third kappa shape index (κ3) is 5.91. The Morgan fingerprint density at radius 2 is 2.00 bits per heavy atom. The number of guanidine groups is 1. The minimum absolute atomic E-state index is 0.0395. The van der Waals surface area contributed by atoms with Crippen LogP contribution in [0.2, 0.25) is 0 Å². The van der Waals surface area contributed by atoms with Crippen molar-refractivity contribution < 1.29 is 14.3 Å². The summed E-state index contributed by atoms with van der Waals surface area (Å²) in [6, 6.07) is 8.60. The zero-order valence-corrected chi connectivity index (χ0v) is 19.4. The number of hydrogen-bond acceptors (Lipinski definition) is 4. The van der Waals surface area contributed by atoms with E-state index in [1.54, 1.807) is 7.11 Å². The number of likely N-dealkylation sites (tertiary alicyclic amines) is 1. The maximum absolute atomic E-state index is 12.3. The average molecular weight is 431 g/mol. The Hall–Kier alpha value is -2.28. The molecule has 0 radical (unpaired) electrons. The summed E-state index contributed by atoms with van der Waals surface area (Å²) < 4.78 is 11.0. The lowest BCUT2D eigenvalue weighted by atomic mass is 9.74. The molecule has 2 aliphatic heterocycles. The summed E-state index contributed by atoms with van der Waals surface area (Å²) in [4.78, 5) is 19.3. The minimum atomic E-state index is -0.0395. The van der Waals surface area contributed by atoms with Crippen LogP contribution in [0.15, 0.2) is 29.3 Å². The number of nitrogens with one attached hydrogen (secondary N) is 2. The Bertz CT molecular complexity index is 742. The number of hydrogen-bond donors (Lipinski definition) is 2. The highest BCUT2D eigenvalue weighted by molar-refractivity contribution is 5.81. The van der Waals surface area contributed by atoms with E-state index in [1.165, 1.54) is 5.56 Å². The fourth-order valence-electron chi connectivity index (χ4n) is 4.43. The van der Waals surface area contributed by atoms with Crippen LogP contribution in [0.4, 0.5) is 0 Å². The van der Waals surface area contributed by atoms with Crippen LogP contribution in [0, 0.1) is 5.92 Å². The molecule has 2 saturated heterocycles. The van der Waals surface area contributed by atoms with Gasteiger partial charge in [-0.25, -0.2) is 0 Å². The molecular formula is C24H38N4O3. The van der Waals surface area contributed by atoms with Crippen LogP contribution >= 0.6 is 0 Å². The standard InChI is InChI=1S/C24H38N4O3/c1-5-25-23(27-20-10-13-28(16-20)22(29)18(2)3)26-17-24(11-14-31-15-12-24)19-6-8-21(30-4)9-7-19/h6-9,18,20H,5,10-17H2,1-4H3,(H2,25,26,27). The number of aliphatic imine (C=N–C) groups is 1. The van der Waals surface area contributed by atoms with E-state index in [0.717, 1.165) is 63.8 Å². The summed E-state index contributed by atoms with van der Waals surface area (Å²) in [5.74, 6) is 1.96. The summed E-state index contributed by atoms with van der Waals surface area (Å²) in [5, 5.41) is 6.95. The van der Waals surface area contributed by atoms with Gasteiger partial charge in [-0.1, -0.05) is 26.0 Å². The first-order valence-electron chi connectivity index (χ1n) is 11.5. The van der Waals surface area contributed by atoms with Crippen LogP contribution in [-0.2, 0) is 14.9 Å². The highest BCUT2D eigenvalue weighted by Gasteiger charge is 2.35.